The number of nitrogens with two attached hydrogens (primary N) is 3. The summed E-state index contributed by atoms with van der Waals surface area (Å²) < 4.78 is 0. The lowest BCUT2D eigenvalue weighted by Crippen LogP contribution is -2.59. The maximum atomic E-state index is 13.2. The molecule has 0 saturated heterocycles. The van der Waals surface area contributed by atoms with Crippen molar-refractivity contribution >= 4 is 29.6 Å². The molecule has 36 heavy (non-hydrogen) atoms. The molecule has 4 amide bonds. The highest BCUT2D eigenvalue weighted by Gasteiger charge is 2.33. The predicted molar refractivity (Wildman–Crippen MR) is 130 cm³/mol. The number of imidazole rings is 1. The van der Waals surface area contributed by atoms with E-state index in [2.05, 4.69) is 25.9 Å². The first-order valence-corrected chi connectivity index (χ1v) is 11.8. The van der Waals surface area contributed by atoms with Gasteiger partial charge >= 0.3 is 5.97 Å². The van der Waals surface area contributed by atoms with E-state index in [1.54, 1.807) is 6.92 Å². The second-order valence-corrected chi connectivity index (χ2v) is 8.67. The van der Waals surface area contributed by atoms with E-state index >= 15 is 0 Å². The Kier molecular flexibility index (Phi) is 13.1. The van der Waals surface area contributed by atoms with Crippen molar-refractivity contribution in [3.8, 4) is 0 Å². The van der Waals surface area contributed by atoms with E-state index in [9.17, 15) is 29.1 Å². The molecule has 14 nitrogen and oxygen atoms in total. The summed E-state index contributed by atoms with van der Waals surface area (Å²) in [5, 5.41) is 16.8. The Morgan fingerprint density at radius 3 is 2.25 bits per heavy atom. The number of carboxylic acids is 1. The summed E-state index contributed by atoms with van der Waals surface area (Å²) in [7, 11) is 0. The number of aliphatic carboxylic acids is 1. The highest BCUT2D eigenvalue weighted by Crippen LogP contribution is 2.11. The van der Waals surface area contributed by atoms with E-state index in [4.69, 9.17) is 17.2 Å². The molecule has 0 aromatic carbocycles. The van der Waals surface area contributed by atoms with Crippen LogP contribution in [0.3, 0.4) is 0 Å². The van der Waals surface area contributed by atoms with Crippen molar-refractivity contribution in [2.45, 2.75) is 76.5 Å². The quantitative estimate of drug-likeness (QED) is 0.106. The highest BCUT2D eigenvalue weighted by molar-refractivity contribution is 5.95. The van der Waals surface area contributed by atoms with Crippen LogP contribution in [0.1, 0.15) is 51.6 Å². The zero-order chi connectivity index (χ0) is 27.3. The van der Waals surface area contributed by atoms with Crippen LogP contribution in [-0.2, 0) is 30.4 Å². The van der Waals surface area contributed by atoms with Crippen LogP contribution in [-0.4, -0.2) is 75.4 Å². The molecule has 0 aliphatic carbocycles. The van der Waals surface area contributed by atoms with Gasteiger partial charge in [-0.25, -0.2) is 9.78 Å². The number of nitrogens with one attached hydrogen (secondary N) is 4. The molecule has 11 N–H and O–H groups in total. The number of amides is 4. The van der Waals surface area contributed by atoms with Crippen molar-refractivity contribution in [2.24, 2.45) is 23.1 Å². The average Bonchev–Trinajstić information content (AvgIpc) is 3.33. The van der Waals surface area contributed by atoms with Gasteiger partial charge < -0.3 is 43.2 Å². The number of aromatic nitrogens is 2. The lowest BCUT2D eigenvalue weighted by Gasteiger charge is -2.28. The monoisotopic (exact) mass is 510 g/mol. The van der Waals surface area contributed by atoms with E-state index in [0.717, 1.165) is 0 Å². The zero-order valence-corrected chi connectivity index (χ0v) is 20.7. The van der Waals surface area contributed by atoms with Crippen molar-refractivity contribution in [1.29, 1.82) is 0 Å². The van der Waals surface area contributed by atoms with Crippen molar-refractivity contribution in [3.05, 3.63) is 18.2 Å². The van der Waals surface area contributed by atoms with Crippen molar-refractivity contribution in [3.63, 3.8) is 0 Å². The van der Waals surface area contributed by atoms with E-state index in [1.807, 2.05) is 6.92 Å². The molecule has 0 bridgehead atoms. The maximum absolute atomic E-state index is 13.2. The molecule has 1 aromatic rings. The minimum Gasteiger partial charge on any atom is -0.480 e. The van der Waals surface area contributed by atoms with Gasteiger partial charge in [0.05, 0.1) is 18.8 Å². The van der Waals surface area contributed by atoms with Crippen LogP contribution < -0.4 is 33.2 Å². The number of rotatable bonds is 17. The fourth-order valence-electron chi connectivity index (χ4n) is 3.36. The van der Waals surface area contributed by atoms with Gasteiger partial charge in [0.15, 0.2) is 0 Å². The number of hydrogen-bond acceptors (Lipinski definition) is 8. The Bertz CT molecular complexity index is 878. The lowest BCUT2D eigenvalue weighted by atomic mass is 9.96. The Balaban J connectivity index is 3.05. The van der Waals surface area contributed by atoms with E-state index < -0.39 is 60.2 Å². The number of carboxylic acid groups (broad SMARTS) is 1. The summed E-state index contributed by atoms with van der Waals surface area (Å²) in [4.78, 5) is 68.1. The lowest BCUT2D eigenvalue weighted by molar-refractivity contribution is -0.143. The minimum absolute atomic E-state index is 0.0553. The fourth-order valence-corrected chi connectivity index (χ4v) is 3.36. The van der Waals surface area contributed by atoms with Crippen molar-refractivity contribution in [2.75, 3.05) is 6.54 Å². The topological polar surface area (TPSA) is 248 Å². The van der Waals surface area contributed by atoms with Gasteiger partial charge in [0.25, 0.3) is 0 Å². The second-order valence-electron chi connectivity index (χ2n) is 8.67. The summed E-state index contributed by atoms with van der Waals surface area (Å²) >= 11 is 0. The Morgan fingerprint density at radius 2 is 1.72 bits per heavy atom. The molecule has 5 atom stereocenters. The molecule has 1 heterocycles. The third kappa shape index (κ3) is 10.4. The molecule has 0 aliphatic heterocycles. The molecular formula is C22H38N8O6. The smallest absolute Gasteiger partial charge is 0.326 e. The molecule has 0 saturated carbocycles. The van der Waals surface area contributed by atoms with Crippen molar-refractivity contribution in [1.82, 2.24) is 25.9 Å². The van der Waals surface area contributed by atoms with Crippen LogP contribution in [0.15, 0.2) is 12.5 Å². The summed E-state index contributed by atoms with van der Waals surface area (Å²) in [6, 6.07) is -4.65. The van der Waals surface area contributed by atoms with Gasteiger partial charge in [-0.1, -0.05) is 26.7 Å². The summed E-state index contributed by atoms with van der Waals surface area (Å²) in [5.74, 6) is -4.67. The molecule has 202 valence electrons. The SMILES string of the molecule is CCC(C)C(NC(=O)C(N)CCCCN)C(=O)NC(Cc1cnc[nH]1)C(=O)NC(CC(N)=O)C(=O)O. The third-order valence-electron chi connectivity index (χ3n) is 5.73. The van der Waals surface area contributed by atoms with Crippen LogP contribution in [0.25, 0.3) is 0 Å². The summed E-state index contributed by atoms with van der Waals surface area (Å²) in [5.41, 5.74) is 17.0. The maximum Gasteiger partial charge on any atom is 0.326 e. The number of primary amides is 1. The van der Waals surface area contributed by atoms with Crippen LogP contribution in [0.4, 0.5) is 0 Å². The second kappa shape index (κ2) is 15.5. The molecule has 0 radical (unpaired) electrons. The number of carbonyl (C=O) groups is 5. The molecule has 1 aromatic heterocycles. The van der Waals surface area contributed by atoms with Gasteiger partial charge in [0.2, 0.25) is 23.6 Å². The number of H-pyrrole nitrogens is 1. The van der Waals surface area contributed by atoms with Crippen LogP contribution in [0.5, 0.6) is 0 Å². The molecule has 0 aliphatic rings. The molecule has 14 heteroatoms. The normalized spacial score (nSPS) is 15.1. The first kappa shape index (κ1) is 30.5. The van der Waals surface area contributed by atoms with E-state index in [-0.39, 0.29) is 12.3 Å². The Morgan fingerprint density at radius 1 is 1.06 bits per heavy atom. The summed E-state index contributed by atoms with van der Waals surface area (Å²) in [6.07, 6.45) is 4.46. The number of aromatic amines is 1. The largest absolute Gasteiger partial charge is 0.480 e. The molecule has 0 fully saturated rings. The summed E-state index contributed by atoms with van der Waals surface area (Å²) in [6.45, 7) is 4.09. The first-order valence-electron chi connectivity index (χ1n) is 11.8. The van der Waals surface area contributed by atoms with E-state index in [0.29, 0.717) is 37.9 Å². The predicted octanol–water partition coefficient (Wildman–Crippen LogP) is -2.13. The highest BCUT2D eigenvalue weighted by atomic mass is 16.4. The molecular weight excluding hydrogens is 472 g/mol. The van der Waals surface area contributed by atoms with E-state index in [1.165, 1.54) is 12.5 Å². The number of carbonyl (C=O) groups excluding carboxylic acids is 4. The van der Waals surface area contributed by atoms with Gasteiger partial charge in [-0.2, -0.15) is 0 Å². The minimum atomic E-state index is -1.58. The van der Waals surface area contributed by atoms with Gasteiger partial charge in [-0.3, -0.25) is 19.2 Å². The number of nitrogens with zero attached hydrogens (tertiary/aromatic N) is 1. The van der Waals surface area contributed by atoms with Crippen molar-refractivity contribution < 1.29 is 29.1 Å². The average molecular weight is 511 g/mol. The Labute approximate surface area is 209 Å². The number of hydrogen-bond donors (Lipinski definition) is 8. The van der Waals surface area contributed by atoms with Crippen LogP contribution in [0.2, 0.25) is 0 Å². The van der Waals surface area contributed by atoms with Gasteiger partial charge in [0, 0.05) is 18.3 Å². The first-order chi connectivity index (χ1) is 17.0. The number of unbranched alkanes of at least 4 members (excludes halogenated alkanes) is 1. The standard InChI is InChI=1S/C22H38N8O6/c1-3-12(2)18(30-19(32)14(24)6-4-5-7-23)21(34)28-15(8-13-10-26-11-27-13)20(33)29-16(22(35)36)9-17(25)31/h10-12,14-16,18H,3-9,23-24H2,1-2H3,(H2,25,31)(H,26,27)(H,28,34)(H,29,33)(H,30,32)(H,35,36). The molecule has 5 unspecified atom stereocenters. The molecule has 1 rings (SSSR count). The molecule has 0 spiro atoms. The van der Waals surface area contributed by atoms with Crippen LogP contribution in [0, 0.1) is 5.92 Å². The zero-order valence-electron chi connectivity index (χ0n) is 20.7. The van der Waals surface area contributed by atoms with Gasteiger partial charge in [-0.05, 0) is 25.3 Å². The fraction of sp³-hybridized carbons (Fsp3) is 0.636. The van der Waals surface area contributed by atoms with Gasteiger partial charge in [-0.15, -0.1) is 0 Å². The Hall–Kier alpha value is -3.52. The van der Waals surface area contributed by atoms with Crippen LogP contribution >= 0.6 is 0 Å². The van der Waals surface area contributed by atoms with Gasteiger partial charge in [0.1, 0.15) is 18.1 Å². The third-order valence-corrected chi connectivity index (χ3v) is 5.73.